The summed E-state index contributed by atoms with van der Waals surface area (Å²) >= 11 is 3.18. The number of hydrogen-bond acceptors (Lipinski definition) is 2. The molecule has 0 aliphatic heterocycles. The van der Waals surface area contributed by atoms with Gasteiger partial charge < -0.3 is 9.67 Å². The third-order valence-corrected chi connectivity index (χ3v) is 3.21. The fourth-order valence-corrected chi connectivity index (χ4v) is 2.10. The molecule has 0 amide bonds. The fourth-order valence-electron chi connectivity index (χ4n) is 1.72. The smallest absolute Gasteiger partial charge is 0.208 e. The molecule has 1 N–H and O–H groups in total. The van der Waals surface area contributed by atoms with Gasteiger partial charge in [0.25, 0.3) is 0 Å². The number of nitrogens with zero attached hydrogens (tertiary/aromatic N) is 1. The Balaban J connectivity index is 0.00000162. The minimum atomic E-state index is -0.105. The van der Waals surface area contributed by atoms with Crippen molar-refractivity contribution in [2.45, 2.75) is 6.92 Å². The van der Waals surface area contributed by atoms with Gasteiger partial charge in [-0.3, -0.25) is 4.79 Å². The zero-order chi connectivity index (χ0) is 12.6. The first-order valence-electron chi connectivity index (χ1n) is 5.08. The molecule has 5 heteroatoms. The Kier molecular flexibility index (Phi) is 5.32. The van der Waals surface area contributed by atoms with Crippen molar-refractivity contribution in [3.63, 3.8) is 0 Å². The van der Waals surface area contributed by atoms with E-state index >= 15 is 0 Å². The molecule has 91 valence electrons. The molecule has 1 aromatic carbocycles. The van der Waals surface area contributed by atoms with Crippen molar-refractivity contribution in [3.05, 3.63) is 50.7 Å². The minimum absolute atomic E-state index is 0. The van der Waals surface area contributed by atoms with Crippen LogP contribution in [0.15, 0.2) is 33.5 Å². The Morgan fingerprint density at radius 3 is 2.67 bits per heavy atom. The van der Waals surface area contributed by atoms with Crippen LogP contribution in [0.5, 0.6) is 5.75 Å². The first kappa shape index (κ1) is 15.6. The van der Waals surface area contributed by atoms with Crippen LogP contribution < -0.4 is 5.56 Å². The van der Waals surface area contributed by atoms with Crippen molar-refractivity contribution < 1.29 is 37.8 Å². The van der Waals surface area contributed by atoms with E-state index in [1.165, 1.54) is 4.57 Å². The summed E-state index contributed by atoms with van der Waals surface area (Å²) in [5, 5.41) is 9.37. The Hall–Kier alpha value is -0.446. The third kappa shape index (κ3) is 2.93. The normalized spacial score (nSPS) is 9.94. The van der Waals surface area contributed by atoms with Crippen LogP contribution in [0.1, 0.15) is 5.56 Å². The number of phenols is 1. The average Bonchev–Trinajstić information content (AvgIpc) is 2.28. The quantitative estimate of drug-likeness (QED) is 0.771. The summed E-state index contributed by atoms with van der Waals surface area (Å²) in [6.07, 6.45) is 0. The van der Waals surface area contributed by atoms with Crippen molar-refractivity contribution in [2.24, 2.45) is 7.05 Å². The Bertz CT molecular complexity index is 637. The number of aromatic nitrogens is 1. The Morgan fingerprint density at radius 2 is 2.06 bits per heavy atom. The maximum atomic E-state index is 11.8. The summed E-state index contributed by atoms with van der Waals surface area (Å²) in [6, 6.07) is 9.72. The van der Waals surface area contributed by atoms with E-state index in [1.807, 2.05) is 6.92 Å². The van der Waals surface area contributed by atoms with Gasteiger partial charge in [-0.2, -0.15) is 12.1 Å². The van der Waals surface area contributed by atoms with E-state index in [0.29, 0.717) is 10.2 Å². The number of aromatic hydroxyl groups is 1. The molecule has 1 heterocycles. The molecule has 2 rings (SSSR count). The molecular formula is C13H11BrNO2Y-. The molecule has 1 radical (unpaired) electrons. The first-order chi connectivity index (χ1) is 8.00. The van der Waals surface area contributed by atoms with Gasteiger partial charge in [0.2, 0.25) is 5.56 Å². The maximum Gasteiger partial charge on any atom is 0.208 e. The van der Waals surface area contributed by atoms with Gasteiger partial charge in [-0.15, -0.1) is 22.0 Å². The topological polar surface area (TPSA) is 42.2 Å². The van der Waals surface area contributed by atoms with Crippen molar-refractivity contribution in [2.75, 3.05) is 0 Å². The predicted octanol–water partition coefficient (Wildman–Crippen LogP) is 2.63. The van der Waals surface area contributed by atoms with Crippen LogP contribution in [-0.2, 0) is 39.8 Å². The van der Waals surface area contributed by atoms with E-state index in [-0.39, 0.29) is 44.0 Å². The van der Waals surface area contributed by atoms with Gasteiger partial charge in [-0.1, -0.05) is 23.7 Å². The van der Waals surface area contributed by atoms with Crippen molar-refractivity contribution >= 4 is 15.9 Å². The zero-order valence-corrected chi connectivity index (χ0v) is 14.5. The maximum absolute atomic E-state index is 11.8. The number of aryl methyl sites for hydroxylation is 1. The van der Waals surface area contributed by atoms with Gasteiger partial charge in [0.1, 0.15) is 5.75 Å². The second-order valence-electron chi connectivity index (χ2n) is 3.85. The Morgan fingerprint density at radius 1 is 1.39 bits per heavy atom. The molecule has 18 heavy (non-hydrogen) atoms. The molecule has 0 bridgehead atoms. The van der Waals surface area contributed by atoms with Gasteiger partial charge in [0.05, 0.1) is 0 Å². The molecule has 0 aliphatic rings. The summed E-state index contributed by atoms with van der Waals surface area (Å²) in [7, 11) is 1.70. The van der Waals surface area contributed by atoms with Gasteiger partial charge in [-0.05, 0) is 16.6 Å². The summed E-state index contributed by atoms with van der Waals surface area (Å²) < 4.78 is 2.02. The molecule has 0 saturated carbocycles. The minimum Gasteiger partial charge on any atom is -0.508 e. The van der Waals surface area contributed by atoms with E-state index in [2.05, 4.69) is 22.0 Å². The molecule has 0 saturated heterocycles. The monoisotopic (exact) mass is 381 g/mol. The number of rotatable bonds is 1. The SMILES string of the molecule is Cc1cc(O)ccc1-c1[c-]cc(Br)c(=O)n1C.[Y]. The van der Waals surface area contributed by atoms with Gasteiger partial charge in [-0.25, -0.2) is 0 Å². The molecular weight excluding hydrogens is 371 g/mol. The van der Waals surface area contributed by atoms with Crippen LogP contribution in [0, 0.1) is 13.0 Å². The average molecular weight is 382 g/mol. The predicted molar refractivity (Wildman–Crippen MR) is 70.1 cm³/mol. The number of benzene rings is 1. The largest absolute Gasteiger partial charge is 0.508 e. The van der Waals surface area contributed by atoms with Crippen LogP contribution >= 0.6 is 15.9 Å². The summed E-state index contributed by atoms with van der Waals surface area (Å²) in [4.78, 5) is 11.8. The van der Waals surface area contributed by atoms with Gasteiger partial charge in [0, 0.05) is 39.8 Å². The van der Waals surface area contributed by atoms with Crippen LogP contribution in [0.3, 0.4) is 0 Å². The van der Waals surface area contributed by atoms with Gasteiger partial charge in [0.15, 0.2) is 0 Å². The van der Waals surface area contributed by atoms with Crippen molar-refractivity contribution in [1.29, 1.82) is 0 Å². The second-order valence-corrected chi connectivity index (χ2v) is 4.70. The molecule has 2 aromatic rings. The summed E-state index contributed by atoms with van der Waals surface area (Å²) in [5.74, 6) is 0.216. The molecule has 0 unspecified atom stereocenters. The molecule has 0 aliphatic carbocycles. The van der Waals surface area contributed by atoms with E-state index in [1.54, 1.807) is 31.3 Å². The van der Waals surface area contributed by atoms with Gasteiger partial charge >= 0.3 is 0 Å². The molecule has 0 atom stereocenters. The number of pyridine rings is 1. The standard InChI is InChI=1S/C13H11BrNO2.Y/c1-8-7-9(16)3-4-10(8)12-6-5-11(14)13(17)15(12)2;/h3-5,7,16H,1-2H3;/q-1;. The summed E-state index contributed by atoms with van der Waals surface area (Å²) in [6.45, 7) is 1.88. The zero-order valence-electron chi connectivity index (χ0n) is 10.1. The summed E-state index contributed by atoms with van der Waals surface area (Å²) in [5.41, 5.74) is 2.38. The van der Waals surface area contributed by atoms with E-state index < -0.39 is 0 Å². The van der Waals surface area contributed by atoms with Crippen LogP contribution in [0.4, 0.5) is 0 Å². The van der Waals surface area contributed by atoms with Crippen LogP contribution in [-0.4, -0.2) is 9.67 Å². The third-order valence-electron chi connectivity index (χ3n) is 2.65. The molecule has 0 spiro atoms. The number of phenolic OH excluding ortho intramolecular Hbond substituents is 1. The van der Waals surface area contributed by atoms with Crippen LogP contribution in [0.2, 0.25) is 0 Å². The number of halogens is 1. The fraction of sp³-hybridized carbons (Fsp3) is 0.154. The number of hydrogen-bond donors (Lipinski definition) is 1. The molecule has 0 fully saturated rings. The van der Waals surface area contributed by atoms with Crippen molar-refractivity contribution in [1.82, 2.24) is 4.57 Å². The van der Waals surface area contributed by atoms with E-state index in [4.69, 9.17) is 0 Å². The Labute approximate surface area is 139 Å². The van der Waals surface area contributed by atoms with Crippen molar-refractivity contribution in [3.8, 4) is 17.0 Å². The molecule has 3 nitrogen and oxygen atoms in total. The van der Waals surface area contributed by atoms with E-state index in [0.717, 1.165) is 11.1 Å². The second kappa shape index (κ2) is 6.13. The molecule has 1 aromatic heterocycles. The first-order valence-corrected chi connectivity index (χ1v) is 5.87. The van der Waals surface area contributed by atoms with E-state index in [9.17, 15) is 9.90 Å². The van der Waals surface area contributed by atoms with Crippen LogP contribution in [0.25, 0.3) is 11.3 Å².